The Hall–Kier alpha value is -2.83. The van der Waals surface area contributed by atoms with Gasteiger partial charge in [0.05, 0.1) is 6.20 Å². The van der Waals surface area contributed by atoms with E-state index in [1.165, 1.54) is 11.6 Å². The minimum Gasteiger partial charge on any atom is -0.361 e. The molecule has 0 aliphatic carbocycles. The van der Waals surface area contributed by atoms with Crippen molar-refractivity contribution in [3.8, 4) is 0 Å². The standard InChI is InChI=1S/C21H27FN6/c1-3-23-21(28-9-7-16(14-28)17-12-26-27(2)13-17)24-8-6-15-11-25-20-5-4-18(22)10-19(15)20/h4-5,10-13,16,25H,3,6-9,14H2,1-2H3,(H,23,24). The summed E-state index contributed by atoms with van der Waals surface area (Å²) in [5.41, 5.74) is 3.36. The average Bonchev–Trinajstić information content (AvgIpc) is 3.41. The van der Waals surface area contributed by atoms with Gasteiger partial charge in [-0.3, -0.25) is 9.67 Å². The second-order valence-corrected chi connectivity index (χ2v) is 7.37. The molecule has 1 atom stereocenters. The molecule has 0 saturated carbocycles. The maximum atomic E-state index is 13.6. The first kappa shape index (κ1) is 18.5. The van der Waals surface area contributed by atoms with E-state index in [1.54, 1.807) is 12.1 Å². The molecule has 0 spiro atoms. The summed E-state index contributed by atoms with van der Waals surface area (Å²) in [7, 11) is 1.96. The van der Waals surface area contributed by atoms with Crippen molar-refractivity contribution in [1.82, 2.24) is 25.0 Å². The fourth-order valence-corrected chi connectivity index (χ4v) is 3.94. The van der Waals surface area contributed by atoms with Crippen LogP contribution >= 0.6 is 0 Å². The zero-order valence-electron chi connectivity index (χ0n) is 16.5. The maximum absolute atomic E-state index is 13.6. The van der Waals surface area contributed by atoms with Crippen LogP contribution in [0.2, 0.25) is 0 Å². The maximum Gasteiger partial charge on any atom is 0.193 e. The summed E-state index contributed by atoms with van der Waals surface area (Å²) in [4.78, 5) is 10.4. The summed E-state index contributed by atoms with van der Waals surface area (Å²) in [6.07, 6.45) is 7.92. The molecule has 0 amide bonds. The van der Waals surface area contributed by atoms with Crippen LogP contribution in [0.25, 0.3) is 10.9 Å². The van der Waals surface area contributed by atoms with Crippen molar-refractivity contribution in [2.24, 2.45) is 12.0 Å². The van der Waals surface area contributed by atoms with E-state index in [0.29, 0.717) is 12.5 Å². The molecule has 4 rings (SSSR count). The van der Waals surface area contributed by atoms with Gasteiger partial charge in [-0.2, -0.15) is 5.10 Å². The number of hydrogen-bond donors (Lipinski definition) is 2. The van der Waals surface area contributed by atoms with E-state index < -0.39 is 0 Å². The molecule has 6 nitrogen and oxygen atoms in total. The second-order valence-electron chi connectivity index (χ2n) is 7.37. The molecule has 1 aliphatic rings. The van der Waals surface area contributed by atoms with E-state index in [9.17, 15) is 4.39 Å². The Labute approximate surface area is 164 Å². The number of benzene rings is 1. The van der Waals surface area contributed by atoms with E-state index in [2.05, 4.69) is 33.4 Å². The van der Waals surface area contributed by atoms with Crippen molar-refractivity contribution in [3.63, 3.8) is 0 Å². The highest BCUT2D eigenvalue weighted by Crippen LogP contribution is 2.26. The monoisotopic (exact) mass is 382 g/mol. The first-order valence-electron chi connectivity index (χ1n) is 9.91. The molecule has 1 aromatic carbocycles. The highest BCUT2D eigenvalue weighted by atomic mass is 19.1. The Kier molecular flexibility index (Phi) is 5.32. The molecule has 1 unspecified atom stereocenters. The molecular weight excluding hydrogens is 355 g/mol. The second kappa shape index (κ2) is 8.04. The van der Waals surface area contributed by atoms with Crippen molar-refractivity contribution in [3.05, 3.63) is 53.7 Å². The summed E-state index contributed by atoms with van der Waals surface area (Å²) in [5.74, 6) is 1.25. The molecule has 1 saturated heterocycles. The van der Waals surface area contributed by atoms with E-state index >= 15 is 0 Å². The minimum atomic E-state index is -0.205. The normalized spacial score (nSPS) is 17.6. The van der Waals surface area contributed by atoms with Crippen molar-refractivity contribution >= 4 is 16.9 Å². The lowest BCUT2D eigenvalue weighted by molar-refractivity contribution is 0.486. The number of halogens is 1. The zero-order chi connectivity index (χ0) is 19.5. The summed E-state index contributed by atoms with van der Waals surface area (Å²) in [6, 6.07) is 4.86. The fraction of sp³-hybridized carbons (Fsp3) is 0.429. The lowest BCUT2D eigenvalue weighted by Crippen LogP contribution is -2.40. The summed E-state index contributed by atoms with van der Waals surface area (Å²) in [5, 5.41) is 8.66. The number of nitrogens with zero attached hydrogens (tertiary/aromatic N) is 4. The quantitative estimate of drug-likeness (QED) is 0.527. The van der Waals surface area contributed by atoms with Crippen molar-refractivity contribution in [2.45, 2.75) is 25.7 Å². The van der Waals surface area contributed by atoms with Gasteiger partial charge in [-0.25, -0.2) is 4.39 Å². The van der Waals surface area contributed by atoms with Crippen LogP contribution in [-0.2, 0) is 13.5 Å². The highest BCUT2D eigenvalue weighted by molar-refractivity contribution is 5.83. The number of rotatable bonds is 5. The van der Waals surface area contributed by atoms with Crippen LogP contribution in [-0.4, -0.2) is 51.8 Å². The van der Waals surface area contributed by atoms with Crippen molar-refractivity contribution in [2.75, 3.05) is 26.2 Å². The number of H-pyrrole nitrogens is 1. The van der Waals surface area contributed by atoms with E-state index in [4.69, 9.17) is 4.99 Å². The molecule has 1 fully saturated rings. The lowest BCUT2D eigenvalue weighted by Gasteiger charge is -2.21. The van der Waals surface area contributed by atoms with Crippen LogP contribution in [0.3, 0.4) is 0 Å². The number of fused-ring (bicyclic) bond motifs is 1. The molecule has 2 aromatic heterocycles. The van der Waals surface area contributed by atoms with Crippen LogP contribution in [0.15, 0.2) is 41.8 Å². The topological polar surface area (TPSA) is 61.2 Å². The van der Waals surface area contributed by atoms with Crippen LogP contribution in [0.5, 0.6) is 0 Å². The molecule has 3 aromatic rings. The fourth-order valence-electron chi connectivity index (χ4n) is 3.94. The number of guanidine groups is 1. The van der Waals surface area contributed by atoms with E-state index in [-0.39, 0.29) is 5.82 Å². The number of aryl methyl sites for hydroxylation is 1. The molecule has 148 valence electrons. The van der Waals surface area contributed by atoms with Gasteiger partial charge in [-0.1, -0.05) is 0 Å². The smallest absolute Gasteiger partial charge is 0.193 e. The van der Waals surface area contributed by atoms with Gasteiger partial charge < -0.3 is 15.2 Å². The molecule has 28 heavy (non-hydrogen) atoms. The number of aromatic amines is 1. The van der Waals surface area contributed by atoms with Gasteiger partial charge in [-0.05, 0) is 49.1 Å². The minimum absolute atomic E-state index is 0.205. The molecule has 3 heterocycles. The van der Waals surface area contributed by atoms with Gasteiger partial charge in [0.2, 0.25) is 0 Å². The number of aromatic nitrogens is 3. The predicted octanol–water partition coefficient (Wildman–Crippen LogP) is 3.04. The Morgan fingerprint density at radius 3 is 3.11 bits per heavy atom. The first-order valence-corrected chi connectivity index (χ1v) is 9.91. The number of aliphatic imine (C=N–C) groups is 1. The van der Waals surface area contributed by atoms with Crippen LogP contribution in [0.1, 0.15) is 30.4 Å². The van der Waals surface area contributed by atoms with Gasteiger partial charge in [0, 0.05) is 62.4 Å². The first-order chi connectivity index (χ1) is 13.6. The molecule has 1 aliphatic heterocycles. The van der Waals surface area contributed by atoms with Crippen molar-refractivity contribution in [1.29, 1.82) is 0 Å². The molecule has 2 N–H and O–H groups in total. The Balaban J connectivity index is 1.42. The molecule has 7 heteroatoms. The average molecular weight is 382 g/mol. The van der Waals surface area contributed by atoms with Gasteiger partial charge in [0.1, 0.15) is 5.82 Å². The number of likely N-dealkylation sites (tertiary alicyclic amines) is 1. The molecule has 0 radical (unpaired) electrons. The molecular formula is C21H27FN6. The highest BCUT2D eigenvalue weighted by Gasteiger charge is 2.26. The Bertz CT molecular complexity index is 972. The summed E-state index contributed by atoms with van der Waals surface area (Å²) >= 11 is 0. The van der Waals surface area contributed by atoms with Crippen LogP contribution in [0.4, 0.5) is 4.39 Å². The van der Waals surface area contributed by atoms with Gasteiger partial charge in [0.25, 0.3) is 0 Å². The zero-order valence-corrected chi connectivity index (χ0v) is 16.5. The lowest BCUT2D eigenvalue weighted by atomic mass is 10.0. The van der Waals surface area contributed by atoms with Gasteiger partial charge >= 0.3 is 0 Å². The third-order valence-corrected chi connectivity index (χ3v) is 5.39. The van der Waals surface area contributed by atoms with Gasteiger partial charge in [-0.15, -0.1) is 0 Å². The van der Waals surface area contributed by atoms with E-state index in [1.807, 2.05) is 24.1 Å². The van der Waals surface area contributed by atoms with Crippen LogP contribution in [0, 0.1) is 5.82 Å². The van der Waals surface area contributed by atoms with Crippen LogP contribution < -0.4 is 5.32 Å². The SMILES string of the molecule is CCNC(=NCCc1c[nH]c2ccc(F)cc12)N1CCC(c2cnn(C)c2)C1. The van der Waals surface area contributed by atoms with Gasteiger partial charge in [0.15, 0.2) is 5.96 Å². The number of nitrogens with one attached hydrogen (secondary N) is 2. The van der Waals surface area contributed by atoms with Crippen molar-refractivity contribution < 1.29 is 4.39 Å². The third kappa shape index (κ3) is 3.88. The molecule has 0 bridgehead atoms. The summed E-state index contributed by atoms with van der Waals surface area (Å²) < 4.78 is 15.4. The predicted molar refractivity (Wildman–Crippen MR) is 110 cm³/mol. The Morgan fingerprint density at radius 1 is 1.43 bits per heavy atom. The third-order valence-electron chi connectivity index (χ3n) is 5.39. The van der Waals surface area contributed by atoms with E-state index in [0.717, 1.165) is 54.9 Å². The largest absolute Gasteiger partial charge is 0.361 e. The Morgan fingerprint density at radius 2 is 2.32 bits per heavy atom. The summed E-state index contributed by atoms with van der Waals surface area (Å²) in [6.45, 7) is 5.54. The number of hydrogen-bond acceptors (Lipinski definition) is 2.